The molecule has 1 unspecified atom stereocenters. The van der Waals surface area contributed by atoms with Crippen molar-refractivity contribution in [3.63, 3.8) is 0 Å². The van der Waals surface area contributed by atoms with Crippen molar-refractivity contribution in [1.82, 2.24) is 0 Å². The van der Waals surface area contributed by atoms with Gasteiger partial charge in [-0.1, -0.05) is 18.2 Å². The van der Waals surface area contributed by atoms with Crippen molar-refractivity contribution < 1.29 is 14.3 Å². The van der Waals surface area contributed by atoms with Crippen LogP contribution in [0.1, 0.15) is 21.7 Å². The highest BCUT2D eigenvalue weighted by atomic mass is 16.3. The quantitative estimate of drug-likeness (QED) is 0.829. The molecule has 5 heteroatoms. The fourth-order valence-electron chi connectivity index (χ4n) is 2.28. The van der Waals surface area contributed by atoms with Crippen molar-refractivity contribution in [3.8, 4) is 0 Å². The minimum absolute atomic E-state index is 0.00866. The molecule has 0 saturated heterocycles. The number of amides is 1. The van der Waals surface area contributed by atoms with Crippen LogP contribution in [0.4, 0.5) is 5.69 Å². The number of nitrogens with one attached hydrogen (secondary N) is 1. The normalized spacial score (nSPS) is 12.0. The van der Waals surface area contributed by atoms with Gasteiger partial charge in [0.15, 0.2) is 5.76 Å². The first-order valence-corrected chi connectivity index (χ1v) is 6.65. The van der Waals surface area contributed by atoms with E-state index in [1.165, 1.54) is 11.2 Å². The molecule has 1 aromatic heterocycles. The molecule has 0 spiro atoms. The summed E-state index contributed by atoms with van der Waals surface area (Å²) in [5, 5.41) is 16.9. The summed E-state index contributed by atoms with van der Waals surface area (Å²) in [4.78, 5) is 14.1. The Morgan fingerprint density at radius 2 is 2.00 bits per heavy atom. The monoisotopic (exact) mass is 286 g/mol. The van der Waals surface area contributed by atoms with Gasteiger partial charge in [-0.05, 0) is 37.1 Å². The number of hydrogen-bond acceptors (Lipinski definition) is 4. The van der Waals surface area contributed by atoms with Crippen molar-refractivity contribution in [2.75, 3.05) is 11.4 Å². The molecule has 2 aromatic rings. The number of aliphatic hydroxyl groups is 1. The summed E-state index contributed by atoms with van der Waals surface area (Å²) in [6, 6.07) is 8.95. The number of para-hydroxylation sites is 1. The van der Waals surface area contributed by atoms with E-state index in [-0.39, 0.29) is 18.2 Å². The van der Waals surface area contributed by atoms with Crippen molar-refractivity contribution in [1.29, 1.82) is 5.41 Å². The van der Waals surface area contributed by atoms with Crippen LogP contribution in [0.5, 0.6) is 0 Å². The van der Waals surface area contributed by atoms with Gasteiger partial charge in [0.1, 0.15) is 6.10 Å². The summed E-state index contributed by atoms with van der Waals surface area (Å²) in [6.45, 7) is 3.82. The first kappa shape index (κ1) is 15.0. The van der Waals surface area contributed by atoms with E-state index in [2.05, 4.69) is 0 Å². The number of carbonyl (C=O) groups is 1. The highest BCUT2D eigenvalue weighted by Crippen LogP contribution is 2.26. The fourth-order valence-corrected chi connectivity index (χ4v) is 2.28. The SMILES string of the molecule is Cc1cccc(C)c1N(CC(O)C=N)C(=O)c1ccco1. The molecule has 5 nitrogen and oxygen atoms in total. The van der Waals surface area contributed by atoms with E-state index in [0.717, 1.165) is 23.0 Å². The number of furan rings is 1. The molecule has 2 N–H and O–H groups in total. The first-order valence-electron chi connectivity index (χ1n) is 6.65. The van der Waals surface area contributed by atoms with E-state index in [0.29, 0.717) is 0 Å². The fraction of sp³-hybridized carbons (Fsp3) is 0.250. The summed E-state index contributed by atoms with van der Waals surface area (Å²) in [7, 11) is 0. The van der Waals surface area contributed by atoms with E-state index >= 15 is 0 Å². The minimum Gasteiger partial charge on any atom is -0.459 e. The van der Waals surface area contributed by atoms with Crippen molar-refractivity contribution in [2.24, 2.45) is 0 Å². The van der Waals surface area contributed by atoms with Crippen LogP contribution in [-0.4, -0.2) is 29.9 Å². The standard InChI is InChI=1S/C16H18N2O3/c1-11-5-3-6-12(2)15(11)18(10-13(19)9-17)16(20)14-7-4-8-21-14/h3-9,13,17,19H,10H2,1-2H3. The molecule has 21 heavy (non-hydrogen) atoms. The molecule has 1 heterocycles. The summed E-state index contributed by atoms with van der Waals surface area (Å²) < 4.78 is 5.16. The van der Waals surface area contributed by atoms with Crippen LogP contribution in [-0.2, 0) is 0 Å². The molecule has 0 bridgehead atoms. The van der Waals surface area contributed by atoms with Crippen LogP contribution >= 0.6 is 0 Å². The maximum Gasteiger partial charge on any atom is 0.294 e. The van der Waals surface area contributed by atoms with E-state index in [4.69, 9.17) is 9.83 Å². The predicted octanol–water partition coefficient (Wildman–Crippen LogP) is 2.55. The Kier molecular flexibility index (Phi) is 4.55. The smallest absolute Gasteiger partial charge is 0.294 e. The van der Waals surface area contributed by atoms with Gasteiger partial charge < -0.3 is 19.8 Å². The molecular formula is C16H18N2O3. The lowest BCUT2D eigenvalue weighted by molar-refractivity contribution is 0.0949. The van der Waals surface area contributed by atoms with Crippen LogP contribution < -0.4 is 4.90 Å². The average molecular weight is 286 g/mol. The van der Waals surface area contributed by atoms with Gasteiger partial charge >= 0.3 is 0 Å². The largest absolute Gasteiger partial charge is 0.459 e. The molecule has 1 amide bonds. The number of aryl methyl sites for hydroxylation is 2. The summed E-state index contributed by atoms with van der Waals surface area (Å²) in [6.07, 6.45) is 1.32. The summed E-state index contributed by atoms with van der Waals surface area (Å²) >= 11 is 0. The van der Waals surface area contributed by atoms with Gasteiger partial charge in [0, 0.05) is 6.21 Å². The highest BCUT2D eigenvalue weighted by molar-refractivity contribution is 6.05. The van der Waals surface area contributed by atoms with E-state index in [1.807, 2.05) is 32.0 Å². The molecular weight excluding hydrogens is 268 g/mol. The number of carbonyl (C=O) groups excluding carboxylic acids is 1. The predicted molar refractivity (Wildman–Crippen MR) is 81.1 cm³/mol. The molecule has 0 fully saturated rings. The zero-order valence-electron chi connectivity index (χ0n) is 12.0. The summed E-state index contributed by atoms with van der Waals surface area (Å²) in [5.74, 6) is -0.131. The molecule has 110 valence electrons. The van der Waals surface area contributed by atoms with Gasteiger partial charge in [-0.3, -0.25) is 4.79 Å². The average Bonchev–Trinajstić information content (AvgIpc) is 2.99. The first-order chi connectivity index (χ1) is 10.0. The number of aliphatic hydroxyl groups excluding tert-OH is 1. The van der Waals surface area contributed by atoms with E-state index in [1.54, 1.807) is 12.1 Å². The highest BCUT2D eigenvalue weighted by Gasteiger charge is 2.24. The Hall–Kier alpha value is -2.40. The number of hydrogen-bond donors (Lipinski definition) is 2. The molecule has 1 aromatic carbocycles. The Balaban J connectivity index is 2.45. The van der Waals surface area contributed by atoms with Crippen LogP contribution in [0.2, 0.25) is 0 Å². The third-order valence-corrected chi connectivity index (χ3v) is 3.25. The zero-order valence-corrected chi connectivity index (χ0v) is 12.0. The number of anilines is 1. The zero-order chi connectivity index (χ0) is 15.4. The Bertz CT molecular complexity index is 615. The lowest BCUT2D eigenvalue weighted by Gasteiger charge is -2.26. The van der Waals surface area contributed by atoms with Crippen LogP contribution in [0, 0.1) is 19.3 Å². The topological polar surface area (TPSA) is 77.5 Å². The van der Waals surface area contributed by atoms with Gasteiger partial charge in [-0.25, -0.2) is 0 Å². The van der Waals surface area contributed by atoms with Gasteiger partial charge in [0.25, 0.3) is 5.91 Å². The second kappa shape index (κ2) is 6.37. The lowest BCUT2D eigenvalue weighted by Crippen LogP contribution is -2.39. The van der Waals surface area contributed by atoms with Gasteiger partial charge in [-0.2, -0.15) is 0 Å². The molecule has 0 aliphatic rings. The molecule has 1 atom stereocenters. The van der Waals surface area contributed by atoms with Crippen molar-refractivity contribution in [3.05, 3.63) is 53.5 Å². The molecule has 0 saturated carbocycles. The number of rotatable bonds is 5. The van der Waals surface area contributed by atoms with E-state index in [9.17, 15) is 9.90 Å². The van der Waals surface area contributed by atoms with Crippen LogP contribution in [0.15, 0.2) is 41.0 Å². The van der Waals surface area contributed by atoms with Gasteiger partial charge in [-0.15, -0.1) is 0 Å². The van der Waals surface area contributed by atoms with Crippen LogP contribution in [0.3, 0.4) is 0 Å². The summed E-state index contributed by atoms with van der Waals surface area (Å²) in [5.41, 5.74) is 2.58. The van der Waals surface area contributed by atoms with Crippen molar-refractivity contribution >= 4 is 17.8 Å². The minimum atomic E-state index is -1.03. The van der Waals surface area contributed by atoms with Crippen LogP contribution in [0.25, 0.3) is 0 Å². The molecule has 0 aliphatic heterocycles. The maximum absolute atomic E-state index is 12.6. The third-order valence-electron chi connectivity index (χ3n) is 3.25. The Morgan fingerprint density at radius 3 is 2.52 bits per heavy atom. The van der Waals surface area contributed by atoms with Crippen molar-refractivity contribution in [2.45, 2.75) is 20.0 Å². The van der Waals surface area contributed by atoms with E-state index < -0.39 is 6.10 Å². The molecule has 0 radical (unpaired) electrons. The molecule has 0 aliphatic carbocycles. The van der Waals surface area contributed by atoms with Gasteiger partial charge in [0.2, 0.25) is 0 Å². The Morgan fingerprint density at radius 1 is 1.33 bits per heavy atom. The number of benzene rings is 1. The number of nitrogens with zero attached hydrogens (tertiary/aromatic N) is 1. The third kappa shape index (κ3) is 3.20. The lowest BCUT2D eigenvalue weighted by atomic mass is 10.1. The van der Waals surface area contributed by atoms with Gasteiger partial charge in [0.05, 0.1) is 18.5 Å². The maximum atomic E-state index is 12.6. The molecule has 2 rings (SSSR count). The second-order valence-corrected chi connectivity index (χ2v) is 4.87. The second-order valence-electron chi connectivity index (χ2n) is 4.87. The Labute approximate surface area is 123 Å².